The first kappa shape index (κ1) is 19.3. The van der Waals surface area contributed by atoms with E-state index in [0.717, 1.165) is 42.2 Å². The molecule has 0 aliphatic carbocycles. The van der Waals surface area contributed by atoms with Gasteiger partial charge in [0.05, 0.1) is 6.61 Å². The zero-order chi connectivity index (χ0) is 20.5. The first-order chi connectivity index (χ1) is 14.7. The summed E-state index contributed by atoms with van der Waals surface area (Å²) in [5.74, 6) is 1.82. The third kappa shape index (κ3) is 3.74. The highest BCUT2D eigenvalue weighted by molar-refractivity contribution is 7.16. The van der Waals surface area contributed by atoms with Crippen LogP contribution >= 0.6 is 11.3 Å². The lowest BCUT2D eigenvalue weighted by atomic mass is 10.0. The van der Waals surface area contributed by atoms with E-state index in [1.54, 1.807) is 0 Å². The van der Waals surface area contributed by atoms with Crippen LogP contribution in [0.5, 0.6) is 11.5 Å². The normalized spacial score (nSPS) is 12.2. The second-order valence-electron chi connectivity index (χ2n) is 7.96. The minimum absolute atomic E-state index is 0.650. The van der Waals surface area contributed by atoms with E-state index < -0.39 is 0 Å². The molecule has 0 saturated heterocycles. The van der Waals surface area contributed by atoms with Crippen LogP contribution in [0, 0.1) is 0 Å². The Kier molecular flexibility index (Phi) is 5.30. The lowest BCUT2D eigenvalue weighted by Gasteiger charge is -2.11. The highest BCUT2D eigenvalue weighted by Crippen LogP contribution is 2.51. The van der Waals surface area contributed by atoms with Gasteiger partial charge in [-0.05, 0) is 62.1 Å². The molecule has 0 amide bonds. The maximum Gasteiger partial charge on any atom is 0.136 e. The molecule has 2 heterocycles. The number of thiophene rings is 1. The van der Waals surface area contributed by atoms with Crippen LogP contribution in [0.3, 0.4) is 0 Å². The predicted molar refractivity (Wildman–Crippen MR) is 126 cm³/mol. The van der Waals surface area contributed by atoms with Crippen molar-refractivity contribution in [3.63, 3.8) is 0 Å². The third-order valence-corrected chi connectivity index (χ3v) is 6.55. The van der Waals surface area contributed by atoms with Gasteiger partial charge in [0.1, 0.15) is 11.5 Å². The van der Waals surface area contributed by atoms with E-state index in [4.69, 9.17) is 9.47 Å². The monoisotopic (exact) mass is 415 g/mol. The molecule has 5 rings (SSSR count). The van der Waals surface area contributed by atoms with Crippen molar-refractivity contribution in [3.05, 3.63) is 71.6 Å². The summed E-state index contributed by atoms with van der Waals surface area (Å²) in [4.78, 5) is 4.70. The number of benzene rings is 3. The number of para-hydroxylation sites is 1. The number of fused-ring (bicyclic) bond motifs is 6. The van der Waals surface area contributed by atoms with E-state index >= 15 is 0 Å². The van der Waals surface area contributed by atoms with Crippen molar-refractivity contribution in [2.45, 2.75) is 13.0 Å². The van der Waals surface area contributed by atoms with Crippen LogP contribution in [-0.2, 0) is 11.3 Å². The highest BCUT2D eigenvalue weighted by Gasteiger charge is 2.23. The molecule has 1 aliphatic heterocycles. The molecule has 0 fully saturated rings. The maximum atomic E-state index is 6.40. The van der Waals surface area contributed by atoms with Crippen LogP contribution < -0.4 is 4.74 Å². The summed E-state index contributed by atoms with van der Waals surface area (Å²) in [6.45, 7) is 2.48. The molecule has 152 valence electrons. The zero-order valence-electron chi connectivity index (χ0n) is 17.4. The van der Waals surface area contributed by atoms with E-state index in [0.29, 0.717) is 6.61 Å². The van der Waals surface area contributed by atoms with E-state index in [-0.39, 0.29) is 0 Å². The lowest BCUT2D eigenvalue weighted by molar-refractivity contribution is 0.115. The summed E-state index contributed by atoms with van der Waals surface area (Å²) in [6.07, 6.45) is 1.05. The fourth-order valence-electron chi connectivity index (χ4n) is 3.95. The van der Waals surface area contributed by atoms with Crippen LogP contribution in [-0.4, -0.2) is 32.1 Å². The second kappa shape index (κ2) is 8.23. The fraction of sp³-hybridized carbons (Fsp3) is 0.231. The Labute approximate surface area is 181 Å². The Morgan fingerprint density at radius 2 is 1.60 bits per heavy atom. The van der Waals surface area contributed by atoms with Crippen LogP contribution in [0.2, 0.25) is 0 Å². The van der Waals surface area contributed by atoms with Gasteiger partial charge in [0, 0.05) is 33.1 Å². The first-order valence-electron chi connectivity index (χ1n) is 10.3. The molecule has 0 spiro atoms. The molecule has 4 heteroatoms. The Hall–Kier alpha value is -2.66. The molecule has 1 aromatic heterocycles. The van der Waals surface area contributed by atoms with Crippen molar-refractivity contribution in [2.75, 3.05) is 27.2 Å². The van der Waals surface area contributed by atoms with Crippen LogP contribution in [0.25, 0.3) is 32.3 Å². The fourth-order valence-corrected chi connectivity index (χ4v) is 5.08. The van der Waals surface area contributed by atoms with Gasteiger partial charge in [-0.2, -0.15) is 0 Å². The molecule has 0 atom stereocenters. The van der Waals surface area contributed by atoms with Gasteiger partial charge in [0.2, 0.25) is 0 Å². The molecule has 0 unspecified atom stereocenters. The van der Waals surface area contributed by atoms with Gasteiger partial charge in [-0.3, -0.25) is 0 Å². The first-order valence-corrected chi connectivity index (χ1v) is 11.2. The molecular weight excluding hydrogens is 390 g/mol. The van der Waals surface area contributed by atoms with E-state index in [1.165, 1.54) is 26.1 Å². The summed E-state index contributed by atoms with van der Waals surface area (Å²) in [7, 11) is 4.19. The summed E-state index contributed by atoms with van der Waals surface area (Å²) in [5, 5.41) is 2.42. The van der Waals surface area contributed by atoms with Crippen molar-refractivity contribution in [2.24, 2.45) is 0 Å². The van der Waals surface area contributed by atoms with Crippen molar-refractivity contribution in [1.82, 2.24) is 4.90 Å². The third-order valence-electron chi connectivity index (χ3n) is 5.41. The van der Waals surface area contributed by atoms with E-state index in [1.807, 2.05) is 17.4 Å². The predicted octanol–water partition coefficient (Wildman–Crippen LogP) is 6.81. The average molecular weight is 416 g/mol. The SMILES string of the molecule is CN(C)CCCOCc1cc2c(s1)-c1cc3ccccc3cc1Oc1ccccc1-2. The van der Waals surface area contributed by atoms with Gasteiger partial charge in [-0.25, -0.2) is 0 Å². The quantitative estimate of drug-likeness (QED) is 0.284. The van der Waals surface area contributed by atoms with Gasteiger partial charge < -0.3 is 14.4 Å². The standard InChI is InChI=1S/C26H25NO2S/c1-27(2)12-7-13-28-17-20-16-22-21-10-5-6-11-24(21)29-25-15-19-9-4-3-8-18(19)14-23(25)26(22)30-20/h3-6,8-11,14-16H,7,12-13,17H2,1-2H3. The van der Waals surface area contributed by atoms with Gasteiger partial charge in [-0.15, -0.1) is 11.3 Å². The Balaban J connectivity index is 1.54. The number of rotatable bonds is 6. The topological polar surface area (TPSA) is 21.7 Å². The van der Waals surface area contributed by atoms with Crippen molar-refractivity contribution >= 4 is 22.1 Å². The number of nitrogens with zero attached hydrogens (tertiary/aromatic N) is 1. The zero-order valence-corrected chi connectivity index (χ0v) is 18.2. The van der Waals surface area contributed by atoms with Crippen LogP contribution in [0.15, 0.2) is 66.7 Å². The maximum absolute atomic E-state index is 6.40. The molecule has 3 aromatic carbocycles. The minimum atomic E-state index is 0.650. The second-order valence-corrected chi connectivity index (χ2v) is 9.10. The molecule has 0 radical (unpaired) electrons. The molecule has 30 heavy (non-hydrogen) atoms. The number of ether oxygens (including phenoxy) is 2. The molecular formula is C26H25NO2S. The number of hydrogen-bond donors (Lipinski definition) is 0. The summed E-state index contributed by atoms with van der Waals surface area (Å²) < 4.78 is 12.4. The van der Waals surface area contributed by atoms with Crippen LogP contribution in [0.1, 0.15) is 11.3 Å². The molecule has 0 saturated carbocycles. The molecule has 0 N–H and O–H groups in total. The molecule has 0 bridgehead atoms. The van der Waals surface area contributed by atoms with Crippen LogP contribution in [0.4, 0.5) is 0 Å². The van der Waals surface area contributed by atoms with Gasteiger partial charge >= 0.3 is 0 Å². The van der Waals surface area contributed by atoms with Gasteiger partial charge in [-0.1, -0.05) is 42.5 Å². The van der Waals surface area contributed by atoms with E-state index in [2.05, 4.69) is 79.7 Å². The van der Waals surface area contributed by atoms with Crippen molar-refractivity contribution in [3.8, 4) is 33.1 Å². The summed E-state index contributed by atoms with van der Waals surface area (Å²) in [5.41, 5.74) is 3.53. The van der Waals surface area contributed by atoms with Crippen molar-refractivity contribution < 1.29 is 9.47 Å². The van der Waals surface area contributed by atoms with E-state index in [9.17, 15) is 0 Å². The van der Waals surface area contributed by atoms with Crippen molar-refractivity contribution in [1.29, 1.82) is 0 Å². The summed E-state index contributed by atoms with van der Waals surface area (Å²) >= 11 is 1.81. The molecule has 3 nitrogen and oxygen atoms in total. The van der Waals surface area contributed by atoms with Gasteiger partial charge in [0.25, 0.3) is 0 Å². The average Bonchev–Trinajstić information content (AvgIpc) is 3.12. The highest BCUT2D eigenvalue weighted by atomic mass is 32.1. The Bertz CT molecular complexity index is 1190. The Morgan fingerprint density at radius 3 is 2.43 bits per heavy atom. The largest absolute Gasteiger partial charge is 0.456 e. The minimum Gasteiger partial charge on any atom is -0.456 e. The molecule has 4 aromatic rings. The Morgan fingerprint density at radius 1 is 0.833 bits per heavy atom. The summed E-state index contributed by atoms with van der Waals surface area (Å²) in [6, 6.07) is 23.5. The number of hydrogen-bond acceptors (Lipinski definition) is 4. The smallest absolute Gasteiger partial charge is 0.136 e. The van der Waals surface area contributed by atoms with Gasteiger partial charge in [0.15, 0.2) is 0 Å². The molecule has 1 aliphatic rings. The lowest BCUT2D eigenvalue weighted by Crippen LogP contribution is -2.14.